The van der Waals surface area contributed by atoms with Gasteiger partial charge in [0.15, 0.2) is 0 Å². The molecule has 1 heterocycles. The quantitative estimate of drug-likeness (QED) is 0.169. The van der Waals surface area contributed by atoms with Crippen LogP contribution in [-0.4, -0.2) is 0 Å². The number of benzene rings is 10. The highest BCUT2D eigenvalue weighted by Gasteiger charge is 2.45. The summed E-state index contributed by atoms with van der Waals surface area (Å²) in [5.74, 6) is 0. The van der Waals surface area contributed by atoms with Gasteiger partial charge in [0.1, 0.15) is 11.2 Å². The van der Waals surface area contributed by atoms with Crippen molar-refractivity contribution in [3.8, 4) is 66.8 Å². The normalized spacial score (nSPS) is 16.6. The molecule has 15 rings (SSSR count). The monoisotopic (exact) mass is 884 g/mol. The molecular formula is C68H52O. The van der Waals surface area contributed by atoms with Gasteiger partial charge in [0, 0.05) is 38.0 Å². The zero-order chi connectivity index (χ0) is 46.7. The van der Waals surface area contributed by atoms with E-state index in [0.29, 0.717) is 0 Å². The van der Waals surface area contributed by atoms with Crippen LogP contribution in [-0.2, 0) is 21.7 Å². The Morgan fingerprint density at radius 2 is 0.768 bits per heavy atom. The Balaban J connectivity index is 0.946. The smallest absolute Gasteiger partial charge is 0.144 e. The zero-order valence-electron chi connectivity index (χ0n) is 40.6. The molecule has 0 amide bonds. The second-order valence-electron chi connectivity index (χ2n) is 22.7. The molecule has 0 atom stereocenters. The molecule has 4 aliphatic rings. The summed E-state index contributed by atoms with van der Waals surface area (Å²) in [4.78, 5) is 0. The van der Waals surface area contributed by atoms with Gasteiger partial charge in [0.05, 0.1) is 0 Å². The summed E-state index contributed by atoms with van der Waals surface area (Å²) in [7, 11) is 0. The molecule has 69 heavy (non-hydrogen) atoms. The van der Waals surface area contributed by atoms with Crippen molar-refractivity contribution in [1.82, 2.24) is 0 Å². The average Bonchev–Trinajstić information content (AvgIpc) is 4.06. The Kier molecular flexibility index (Phi) is 7.32. The minimum Gasteiger partial charge on any atom is -0.455 e. The molecule has 0 unspecified atom stereocenters. The van der Waals surface area contributed by atoms with Crippen LogP contribution in [0.3, 0.4) is 0 Å². The van der Waals surface area contributed by atoms with Crippen LogP contribution in [0.4, 0.5) is 0 Å². The second kappa shape index (κ2) is 12.8. The summed E-state index contributed by atoms with van der Waals surface area (Å²) in [5, 5.41) is 7.64. The fourth-order valence-corrected chi connectivity index (χ4v) is 14.5. The molecule has 0 fully saturated rings. The molecule has 0 spiro atoms. The van der Waals surface area contributed by atoms with Gasteiger partial charge in [-0.3, -0.25) is 0 Å². The lowest BCUT2D eigenvalue weighted by Gasteiger charge is -2.26. The van der Waals surface area contributed by atoms with Gasteiger partial charge in [0.25, 0.3) is 0 Å². The van der Waals surface area contributed by atoms with E-state index in [0.717, 1.165) is 16.6 Å². The maximum atomic E-state index is 7.20. The Morgan fingerprint density at radius 3 is 1.42 bits per heavy atom. The van der Waals surface area contributed by atoms with Crippen LogP contribution >= 0.6 is 0 Å². The summed E-state index contributed by atoms with van der Waals surface area (Å²) in [6, 6.07) is 64.9. The Morgan fingerprint density at radius 1 is 0.290 bits per heavy atom. The van der Waals surface area contributed by atoms with Crippen LogP contribution in [0.5, 0.6) is 0 Å². The van der Waals surface area contributed by atoms with Gasteiger partial charge >= 0.3 is 0 Å². The minimum atomic E-state index is -0.286. The predicted molar refractivity (Wildman–Crippen MR) is 290 cm³/mol. The van der Waals surface area contributed by atoms with Crippen molar-refractivity contribution in [2.75, 3.05) is 0 Å². The minimum absolute atomic E-state index is 0.0752. The lowest BCUT2D eigenvalue weighted by atomic mass is 9.76. The number of para-hydroxylation sites is 1. The van der Waals surface area contributed by atoms with Gasteiger partial charge < -0.3 is 4.42 Å². The van der Waals surface area contributed by atoms with E-state index in [2.05, 4.69) is 225 Å². The molecule has 1 nitrogen and oxygen atoms in total. The van der Waals surface area contributed by atoms with E-state index in [-0.39, 0.29) is 21.7 Å². The second-order valence-corrected chi connectivity index (χ2v) is 22.7. The van der Waals surface area contributed by atoms with Gasteiger partial charge in [-0.25, -0.2) is 0 Å². The predicted octanol–water partition coefficient (Wildman–Crippen LogP) is 18.5. The van der Waals surface area contributed by atoms with Crippen LogP contribution in [0.25, 0.3) is 110 Å². The van der Waals surface area contributed by atoms with Crippen molar-refractivity contribution >= 4 is 43.5 Å². The molecule has 4 aliphatic carbocycles. The molecular weight excluding hydrogens is 833 g/mol. The van der Waals surface area contributed by atoms with Crippen molar-refractivity contribution in [3.63, 3.8) is 0 Å². The third kappa shape index (κ3) is 4.77. The topological polar surface area (TPSA) is 13.1 Å². The maximum Gasteiger partial charge on any atom is 0.144 e. The average molecular weight is 885 g/mol. The number of furan rings is 1. The lowest BCUT2D eigenvalue weighted by molar-refractivity contribution is 0.638. The van der Waals surface area contributed by atoms with E-state index in [1.807, 2.05) is 0 Å². The van der Waals surface area contributed by atoms with E-state index in [1.165, 1.54) is 138 Å². The molecule has 11 aromatic rings. The molecule has 0 aliphatic heterocycles. The molecule has 1 aromatic heterocycles. The Labute approximate surface area is 404 Å². The van der Waals surface area contributed by atoms with Crippen LogP contribution < -0.4 is 0 Å². The van der Waals surface area contributed by atoms with E-state index < -0.39 is 0 Å². The summed E-state index contributed by atoms with van der Waals surface area (Å²) >= 11 is 0. The largest absolute Gasteiger partial charge is 0.455 e. The van der Waals surface area contributed by atoms with E-state index in [9.17, 15) is 0 Å². The van der Waals surface area contributed by atoms with Crippen molar-refractivity contribution < 1.29 is 4.42 Å². The first-order chi connectivity index (χ1) is 33.3. The molecule has 0 N–H and O–H groups in total. The number of hydrogen-bond donors (Lipinski definition) is 0. The molecule has 10 aromatic carbocycles. The summed E-state index contributed by atoms with van der Waals surface area (Å²) in [6.07, 6.45) is 0. The van der Waals surface area contributed by atoms with Crippen molar-refractivity contribution in [2.24, 2.45) is 0 Å². The van der Waals surface area contributed by atoms with Crippen LogP contribution in [0.15, 0.2) is 174 Å². The van der Waals surface area contributed by atoms with Crippen LogP contribution in [0.1, 0.15) is 99.9 Å². The van der Waals surface area contributed by atoms with Crippen molar-refractivity contribution in [1.29, 1.82) is 0 Å². The molecule has 0 bridgehead atoms. The molecule has 0 saturated heterocycles. The van der Waals surface area contributed by atoms with Gasteiger partial charge in [-0.2, -0.15) is 0 Å². The van der Waals surface area contributed by atoms with E-state index in [1.54, 1.807) is 0 Å². The number of fused-ring (bicyclic) bond motifs is 20. The molecule has 0 saturated carbocycles. The fraction of sp³-hybridized carbons (Fsp3) is 0.176. The zero-order valence-corrected chi connectivity index (χ0v) is 40.6. The van der Waals surface area contributed by atoms with Gasteiger partial charge in [-0.1, -0.05) is 189 Å². The SMILES string of the molecule is CC1(C)c2cc(-c3cc4c(c5ccccc35)C(C)(C)c3ccccc3-4)ccc2-c2cc3c(cc21)C(C)(C)c1cc(-c2cc4c(c5ccccc25)C(C)(C)c2ccccc2-4)c2c(oc4ccccc42)c1-3. The fourth-order valence-electron chi connectivity index (χ4n) is 14.5. The van der Waals surface area contributed by atoms with E-state index >= 15 is 0 Å². The number of hydrogen-bond acceptors (Lipinski definition) is 1. The summed E-state index contributed by atoms with van der Waals surface area (Å²) in [6.45, 7) is 19.3. The van der Waals surface area contributed by atoms with Crippen LogP contribution in [0, 0.1) is 0 Å². The van der Waals surface area contributed by atoms with Crippen molar-refractivity contribution in [3.05, 3.63) is 214 Å². The summed E-state index contributed by atoms with van der Waals surface area (Å²) in [5.41, 5.74) is 28.1. The van der Waals surface area contributed by atoms with Gasteiger partial charge in [-0.05, 0) is 164 Å². The molecule has 0 radical (unpaired) electrons. The Hall–Kier alpha value is -7.48. The highest BCUT2D eigenvalue weighted by molar-refractivity contribution is 6.21. The highest BCUT2D eigenvalue weighted by Crippen LogP contribution is 2.61. The standard InChI is InChI=1S/C68H52O/c1-65(2)55-31-37(46-32-50-40-21-13-16-26-53(40)67(5,6)62(50)43-23-11-9-19-38(43)46)29-30-42(55)48-34-52-57(36-56(48)65)66(3,4)58-35-49(60-45-25-15-18-28-59(45)69-64(60)61(52)58)47-33-51-41-22-14-17-27-54(41)68(7,8)63(51)44-24-12-10-20-39(44)47/h9-36H,1-8H3. The first-order valence-electron chi connectivity index (χ1n) is 24.9. The Bertz CT molecular complexity index is 4180. The lowest BCUT2D eigenvalue weighted by Crippen LogP contribution is -2.19. The molecule has 330 valence electrons. The molecule has 1 heteroatoms. The van der Waals surface area contributed by atoms with E-state index in [4.69, 9.17) is 4.42 Å². The summed E-state index contributed by atoms with van der Waals surface area (Å²) < 4.78 is 7.20. The van der Waals surface area contributed by atoms with Gasteiger partial charge in [-0.15, -0.1) is 0 Å². The van der Waals surface area contributed by atoms with Crippen molar-refractivity contribution in [2.45, 2.75) is 77.0 Å². The third-order valence-electron chi connectivity index (χ3n) is 17.8. The van der Waals surface area contributed by atoms with Gasteiger partial charge in [0.2, 0.25) is 0 Å². The highest BCUT2D eigenvalue weighted by atomic mass is 16.3. The maximum absolute atomic E-state index is 7.20. The third-order valence-corrected chi connectivity index (χ3v) is 17.8. The number of rotatable bonds is 2. The first-order valence-corrected chi connectivity index (χ1v) is 24.9. The van der Waals surface area contributed by atoms with Crippen LogP contribution in [0.2, 0.25) is 0 Å². The first kappa shape index (κ1) is 39.5.